The highest BCUT2D eigenvalue weighted by Gasteiger charge is 2.28. The first-order chi connectivity index (χ1) is 33.9. The molecule has 0 saturated carbocycles. The fourth-order valence-corrected chi connectivity index (χ4v) is 10.2. The number of aromatic carboxylic acids is 1. The normalized spacial score (nSPS) is 12.5. The molecule has 1 amide bonds. The summed E-state index contributed by atoms with van der Waals surface area (Å²) in [6, 6.07) is 17.3. The number of nitrogens with one attached hydrogen (secondary N) is 3. The zero-order chi connectivity index (χ0) is 53.6. The van der Waals surface area contributed by atoms with Gasteiger partial charge >= 0.3 is 5.97 Å². The summed E-state index contributed by atoms with van der Waals surface area (Å²) < 4.78 is 172. The van der Waals surface area contributed by atoms with Crippen LogP contribution in [0.5, 0.6) is 5.75 Å². The summed E-state index contributed by atoms with van der Waals surface area (Å²) in [6.07, 6.45) is 0. The molecule has 0 spiro atoms. The molecule has 0 aliphatic carbocycles. The molecular weight excluding hydrogens is 1070 g/mol. The maximum Gasteiger partial charge on any atom is 0.337 e. The second kappa shape index (κ2) is 19.6. The largest absolute Gasteiger partial charge is 0.505 e. The number of aromatic nitrogens is 3. The molecule has 1 aromatic heterocycles. The number of para-hydroxylation sites is 1. The summed E-state index contributed by atoms with van der Waals surface area (Å²) in [5.74, 6) is -5.16. The van der Waals surface area contributed by atoms with Crippen molar-refractivity contribution in [2.45, 2.75) is 19.6 Å². The van der Waals surface area contributed by atoms with Crippen LogP contribution in [-0.2, 0) is 50.6 Å². The van der Waals surface area contributed by atoms with Gasteiger partial charge in [0.1, 0.15) is 26.1 Å². The molecule has 0 bridgehead atoms. The van der Waals surface area contributed by atoms with E-state index in [9.17, 15) is 84.7 Å². The van der Waals surface area contributed by atoms with E-state index in [0.29, 0.717) is 18.2 Å². The SMILES string of the molecule is CN(CCS(=O)(=O)O)c1nc(Nc2cccc(C(=O)Nc3cc(S(=O)(=O)O)cc4cc(S(=O)(=O)O)c(/N=N/c5ccc6c(S(=O)(=O)O)cccc6c5S(=O)(=O)O)c(O)c34)c2)nc(Nc2ccccc2C(=O)O)n1. The molecule has 33 heteroatoms. The molecule has 73 heavy (non-hydrogen) atoms. The lowest BCUT2D eigenvalue weighted by Crippen LogP contribution is -2.27. The third-order valence-electron chi connectivity index (χ3n) is 10.1. The van der Waals surface area contributed by atoms with E-state index in [0.717, 1.165) is 30.3 Å². The molecule has 0 unspecified atom stereocenters. The van der Waals surface area contributed by atoms with E-state index in [-0.39, 0.29) is 46.9 Å². The highest BCUT2D eigenvalue weighted by atomic mass is 32.2. The van der Waals surface area contributed by atoms with Crippen molar-refractivity contribution in [1.82, 2.24) is 15.0 Å². The van der Waals surface area contributed by atoms with Crippen molar-refractivity contribution >= 4 is 130 Å². The van der Waals surface area contributed by atoms with Gasteiger partial charge in [-0.1, -0.05) is 36.4 Å². The van der Waals surface area contributed by atoms with E-state index in [1.807, 2.05) is 0 Å². The molecule has 7 aromatic rings. The van der Waals surface area contributed by atoms with Crippen molar-refractivity contribution in [1.29, 1.82) is 0 Å². The van der Waals surface area contributed by atoms with E-state index in [4.69, 9.17) is 0 Å². The Labute approximate surface area is 411 Å². The third-order valence-corrected chi connectivity index (χ3v) is 14.4. The number of aromatic hydroxyl groups is 1. The summed E-state index contributed by atoms with van der Waals surface area (Å²) in [5.41, 5.74) is -3.01. The van der Waals surface area contributed by atoms with Gasteiger partial charge in [0, 0.05) is 41.0 Å². The van der Waals surface area contributed by atoms with Crippen LogP contribution in [0, 0.1) is 0 Å². The molecule has 0 atom stereocenters. The lowest BCUT2D eigenvalue weighted by molar-refractivity contribution is 0.0697. The van der Waals surface area contributed by atoms with Gasteiger partial charge in [-0.05, 0) is 66.0 Å². The summed E-state index contributed by atoms with van der Waals surface area (Å²) >= 11 is 0. The number of hydrogen-bond donors (Lipinski definition) is 10. The Morgan fingerprint density at radius 1 is 0.644 bits per heavy atom. The fraction of sp³-hybridized carbons (Fsp3) is 0.0750. The Balaban J connectivity index is 1.30. The summed E-state index contributed by atoms with van der Waals surface area (Å²) in [5, 5.41) is 34.4. The van der Waals surface area contributed by atoms with E-state index >= 15 is 0 Å². The van der Waals surface area contributed by atoms with Crippen LogP contribution in [0.1, 0.15) is 20.7 Å². The zero-order valence-corrected chi connectivity index (χ0v) is 40.5. The van der Waals surface area contributed by atoms with E-state index in [1.54, 1.807) is 0 Å². The molecule has 0 saturated heterocycles. The van der Waals surface area contributed by atoms with Crippen molar-refractivity contribution < 1.29 is 84.7 Å². The number of carboxylic acid groups (broad SMARTS) is 1. The zero-order valence-electron chi connectivity index (χ0n) is 36.4. The molecule has 1 heterocycles. The van der Waals surface area contributed by atoms with Crippen LogP contribution < -0.4 is 20.9 Å². The Kier molecular flexibility index (Phi) is 14.2. The van der Waals surface area contributed by atoms with Crippen molar-refractivity contribution in [2.24, 2.45) is 10.2 Å². The van der Waals surface area contributed by atoms with Gasteiger partial charge < -0.3 is 31.1 Å². The van der Waals surface area contributed by atoms with Gasteiger partial charge in [0.15, 0.2) is 5.75 Å². The number of amides is 1. The van der Waals surface area contributed by atoms with Gasteiger partial charge in [-0.2, -0.15) is 57.0 Å². The minimum atomic E-state index is -5.51. The number of hydrogen-bond acceptors (Lipinski definition) is 21. The van der Waals surface area contributed by atoms with Gasteiger partial charge in [0.25, 0.3) is 56.5 Å². The van der Waals surface area contributed by atoms with Gasteiger partial charge in [-0.15, -0.1) is 10.2 Å². The lowest BCUT2D eigenvalue weighted by Gasteiger charge is -2.18. The first kappa shape index (κ1) is 53.0. The maximum absolute atomic E-state index is 14.0. The highest BCUT2D eigenvalue weighted by Crippen LogP contribution is 2.46. The predicted octanol–water partition coefficient (Wildman–Crippen LogP) is 5.05. The number of anilines is 6. The Bertz CT molecular complexity index is 4090. The molecule has 10 N–H and O–H groups in total. The topological polar surface area (TPSA) is 449 Å². The number of carbonyl (C=O) groups excluding carboxylic acids is 1. The van der Waals surface area contributed by atoms with Crippen LogP contribution in [0.3, 0.4) is 0 Å². The minimum absolute atomic E-state index is 0.0359. The third kappa shape index (κ3) is 12.1. The minimum Gasteiger partial charge on any atom is -0.505 e. The second-order valence-corrected chi connectivity index (χ2v) is 22.3. The van der Waals surface area contributed by atoms with Crippen molar-refractivity contribution in [3.05, 3.63) is 108 Å². The molecule has 0 aliphatic heterocycles. The van der Waals surface area contributed by atoms with Gasteiger partial charge in [0.2, 0.25) is 17.8 Å². The van der Waals surface area contributed by atoms with Crippen LogP contribution in [0.2, 0.25) is 0 Å². The number of carboxylic acids is 1. The van der Waals surface area contributed by atoms with Crippen LogP contribution in [0.25, 0.3) is 21.5 Å². The Hall–Kier alpha value is -7.86. The molecule has 28 nitrogen and oxygen atoms in total. The standard InChI is InChI=1S/C40H33N9O19S5/c1-49(14-15-69(54,55)56)40-45-38(44-39(46-40)43-27-10-3-2-8-26(27)37(52)53)41-22-7-4-6-20(16-22)36(51)42-29-19-23(70(57,58)59)17-21-18-31(72(63,64)65)33(34(50)32(21)29)48-47-28-13-12-24-25(35(28)73(66,67)68)9-5-11-30(24)71(60,61)62/h2-13,16-19,50H,14-15H2,1H3,(H,42,51)(H,52,53)(H,54,55,56)(H,57,58,59)(H,60,61,62)(H,63,64,65)(H,66,67,68)(H2,41,43,44,45,46)/b48-47+. The number of phenols is 1. The first-order valence-electron chi connectivity index (χ1n) is 19.8. The predicted molar refractivity (Wildman–Crippen MR) is 257 cm³/mol. The fourth-order valence-electron chi connectivity index (χ4n) is 6.93. The highest BCUT2D eigenvalue weighted by molar-refractivity contribution is 7.87. The molecule has 0 radical (unpaired) electrons. The van der Waals surface area contributed by atoms with E-state index in [1.165, 1.54) is 60.5 Å². The molecule has 7 rings (SSSR count). The van der Waals surface area contributed by atoms with E-state index in [2.05, 4.69) is 41.1 Å². The summed E-state index contributed by atoms with van der Waals surface area (Å²) in [4.78, 5) is 35.7. The number of carbonyl (C=O) groups is 2. The molecule has 6 aromatic carbocycles. The number of nitrogens with zero attached hydrogens (tertiary/aromatic N) is 6. The van der Waals surface area contributed by atoms with Crippen LogP contribution in [-0.4, -0.2) is 121 Å². The summed E-state index contributed by atoms with van der Waals surface area (Å²) in [7, 11) is -24.2. The first-order valence-corrected chi connectivity index (χ1v) is 27.2. The summed E-state index contributed by atoms with van der Waals surface area (Å²) in [6.45, 7) is -0.338. The number of phenolic OH excluding ortho intramolecular Hbond substituents is 1. The number of azo groups is 1. The number of benzene rings is 6. The number of rotatable bonds is 17. The van der Waals surface area contributed by atoms with Crippen LogP contribution >= 0.6 is 0 Å². The molecule has 382 valence electrons. The van der Waals surface area contributed by atoms with Crippen LogP contribution in [0.4, 0.5) is 46.3 Å². The second-order valence-electron chi connectivity index (χ2n) is 15.1. The Morgan fingerprint density at radius 3 is 1.93 bits per heavy atom. The monoisotopic (exact) mass is 1100 g/mol. The maximum atomic E-state index is 14.0. The Morgan fingerprint density at radius 2 is 1.30 bits per heavy atom. The van der Waals surface area contributed by atoms with Gasteiger partial charge in [-0.25, -0.2) is 4.79 Å². The van der Waals surface area contributed by atoms with Gasteiger partial charge in [-0.3, -0.25) is 27.6 Å². The molecular formula is C40H33N9O19S5. The quantitative estimate of drug-likeness (QED) is 0.0421. The van der Waals surface area contributed by atoms with Crippen molar-refractivity contribution in [3.63, 3.8) is 0 Å². The van der Waals surface area contributed by atoms with Gasteiger partial charge in [0.05, 0.1) is 27.6 Å². The van der Waals surface area contributed by atoms with Crippen molar-refractivity contribution in [2.75, 3.05) is 40.2 Å². The molecule has 0 fully saturated rings. The van der Waals surface area contributed by atoms with Crippen LogP contribution in [0.15, 0.2) is 127 Å². The smallest absolute Gasteiger partial charge is 0.337 e. The molecule has 0 aliphatic rings. The number of fused-ring (bicyclic) bond motifs is 2. The average molecular weight is 1100 g/mol. The average Bonchev–Trinajstić information content (AvgIpc) is 3.28. The van der Waals surface area contributed by atoms with Crippen molar-refractivity contribution in [3.8, 4) is 5.75 Å². The lowest BCUT2D eigenvalue weighted by atomic mass is 10.1. The van der Waals surface area contributed by atoms with E-state index < -0.39 is 132 Å².